The van der Waals surface area contributed by atoms with E-state index in [0.717, 1.165) is 18.0 Å². The van der Waals surface area contributed by atoms with Crippen molar-refractivity contribution in [3.8, 4) is 5.88 Å². The second-order valence-corrected chi connectivity index (χ2v) is 8.20. The van der Waals surface area contributed by atoms with Crippen molar-refractivity contribution < 1.29 is 27.1 Å². The van der Waals surface area contributed by atoms with Crippen molar-refractivity contribution in [1.29, 1.82) is 0 Å². The molecule has 0 fully saturated rings. The van der Waals surface area contributed by atoms with Crippen molar-refractivity contribution in [1.82, 2.24) is 4.98 Å². The molecule has 1 atom stereocenters. The van der Waals surface area contributed by atoms with Crippen LogP contribution < -0.4 is 4.74 Å². The summed E-state index contributed by atoms with van der Waals surface area (Å²) in [6, 6.07) is 5.80. The highest BCUT2D eigenvalue weighted by Crippen LogP contribution is 2.33. The molecular weight excluding hydrogens is 373 g/mol. The fourth-order valence-corrected chi connectivity index (χ4v) is 3.90. The number of ether oxygens (including phenoxy) is 2. The molecule has 3 rings (SSSR count). The number of benzene rings is 1. The molecule has 0 saturated heterocycles. The first-order chi connectivity index (χ1) is 12.7. The monoisotopic (exact) mass is 391 g/mol. The first-order valence-electron chi connectivity index (χ1n) is 8.24. The standard InChI is InChI=1S/C19H18FNO5S/c1-4-12-8-17(27(3,23)24)11(2)7-14(12)15-9-16(19(22)26-15)25-18-6-5-13(20)10-21-18/h5-10,15H,4H2,1-3H3/t15-/m1/s1. The second kappa shape index (κ2) is 7.11. The maximum atomic E-state index is 12.9. The Balaban J connectivity index is 1.94. The fourth-order valence-electron chi connectivity index (χ4n) is 2.90. The second-order valence-electron chi connectivity index (χ2n) is 6.22. The molecule has 6 nitrogen and oxygen atoms in total. The molecule has 2 heterocycles. The van der Waals surface area contributed by atoms with Gasteiger partial charge < -0.3 is 9.47 Å². The number of carbonyl (C=O) groups is 1. The Morgan fingerprint density at radius 1 is 1.30 bits per heavy atom. The number of esters is 1. The van der Waals surface area contributed by atoms with Crippen molar-refractivity contribution in [2.24, 2.45) is 0 Å². The molecule has 0 saturated carbocycles. The predicted octanol–water partition coefficient (Wildman–Crippen LogP) is 3.06. The molecule has 0 N–H and O–H groups in total. The highest BCUT2D eigenvalue weighted by molar-refractivity contribution is 7.90. The van der Waals surface area contributed by atoms with Gasteiger partial charge in [-0.3, -0.25) is 0 Å². The summed E-state index contributed by atoms with van der Waals surface area (Å²) in [5.41, 5.74) is 2.03. The fraction of sp³-hybridized carbons (Fsp3) is 0.263. The van der Waals surface area contributed by atoms with Gasteiger partial charge >= 0.3 is 5.97 Å². The molecule has 27 heavy (non-hydrogen) atoms. The van der Waals surface area contributed by atoms with Crippen LogP contribution in [-0.4, -0.2) is 25.6 Å². The van der Waals surface area contributed by atoms with Crippen molar-refractivity contribution in [3.63, 3.8) is 0 Å². The summed E-state index contributed by atoms with van der Waals surface area (Å²) < 4.78 is 47.6. The molecule has 0 spiro atoms. The van der Waals surface area contributed by atoms with E-state index in [2.05, 4.69) is 4.98 Å². The average Bonchev–Trinajstić information content (AvgIpc) is 2.96. The minimum absolute atomic E-state index is 0.0500. The number of pyridine rings is 1. The van der Waals surface area contributed by atoms with Crippen molar-refractivity contribution in [2.45, 2.75) is 31.3 Å². The number of hydrogen-bond acceptors (Lipinski definition) is 6. The van der Waals surface area contributed by atoms with Crippen LogP contribution in [0, 0.1) is 12.7 Å². The zero-order valence-electron chi connectivity index (χ0n) is 15.0. The predicted molar refractivity (Wildman–Crippen MR) is 95.4 cm³/mol. The number of hydrogen-bond donors (Lipinski definition) is 0. The van der Waals surface area contributed by atoms with Gasteiger partial charge in [-0.2, -0.15) is 0 Å². The lowest BCUT2D eigenvalue weighted by molar-refractivity contribution is -0.141. The zero-order valence-corrected chi connectivity index (χ0v) is 15.8. The van der Waals surface area contributed by atoms with E-state index in [0.29, 0.717) is 17.5 Å². The number of nitrogens with zero attached hydrogens (tertiary/aromatic N) is 1. The lowest BCUT2D eigenvalue weighted by atomic mass is 9.98. The van der Waals surface area contributed by atoms with Crippen molar-refractivity contribution >= 4 is 15.8 Å². The van der Waals surface area contributed by atoms with Gasteiger partial charge in [0.05, 0.1) is 11.1 Å². The van der Waals surface area contributed by atoms with E-state index in [9.17, 15) is 17.6 Å². The van der Waals surface area contributed by atoms with Gasteiger partial charge in [-0.05, 0) is 36.6 Å². The van der Waals surface area contributed by atoms with Gasteiger partial charge in [-0.15, -0.1) is 0 Å². The molecular formula is C19H18FNO5S. The number of aromatic nitrogens is 1. The normalized spacial score (nSPS) is 16.8. The molecule has 0 aliphatic carbocycles. The van der Waals surface area contributed by atoms with Crippen molar-refractivity contribution in [2.75, 3.05) is 6.26 Å². The molecule has 0 unspecified atom stereocenters. The van der Waals surface area contributed by atoms with E-state index in [4.69, 9.17) is 9.47 Å². The Labute approximate surface area is 156 Å². The van der Waals surface area contributed by atoms with E-state index >= 15 is 0 Å². The maximum Gasteiger partial charge on any atom is 0.375 e. The first-order valence-corrected chi connectivity index (χ1v) is 10.1. The summed E-state index contributed by atoms with van der Waals surface area (Å²) in [4.78, 5) is 16.1. The zero-order chi connectivity index (χ0) is 19.8. The number of sulfone groups is 1. The maximum absolute atomic E-state index is 12.9. The summed E-state index contributed by atoms with van der Waals surface area (Å²) in [6.45, 7) is 3.58. The Hall–Kier alpha value is -2.74. The molecule has 0 amide bonds. The van der Waals surface area contributed by atoms with Gasteiger partial charge in [0.15, 0.2) is 9.84 Å². The minimum Gasteiger partial charge on any atom is -0.447 e. The molecule has 0 bridgehead atoms. The third-order valence-corrected chi connectivity index (χ3v) is 5.42. The molecule has 1 aromatic carbocycles. The van der Waals surface area contributed by atoms with Crippen LogP contribution in [0.2, 0.25) is 0 Å². The molecule has 1 aromatic heterocycles. The highest BCUT2D eigenvalue weighted by Gasteiger charge is 2.31. The van der Waals surface area contributed by atoms with Crippen LogP contribution in [0.1, 0.15) is 29.7 Å². The smallest absolute Gasteiger partial charge is 0.375 e. The van der Waals surface area contributed by atoms with Crippen molar-refractivity contribution in [3.05, 3.63) is 64.8 Å². The number of cyclic esters (lactones) is 1. The van der Waals surface area contributed by atoms with Crippen LogP contribution in [0.4, 0.5) is 4.39 Å². The summed E-state index contributed by atoms with van der Waals surface area (Å²) in [7, 11) is -3.36. The molecule has 0 radical (unpaired) electrons. The third-order valence-electron chi connectivity index (χ3n) is 4.18. The number of carbonyl (C=O) groups excluding carboxylic acids is 1. The van der Waals surface area contributed by atoms with Gasteiger partial charge in [-0.25, -0.2) is 22.6 Å². The summed E-state index contributed by atoms with van der Waals surface area (Å²) in [5, 5.41) is 0. The van der Waals surface area contributed by atoms with E-state index in [1.54, 1.807) is 19.1 Å². The van der Waals surface area contributed by atoms with E-state index in [-0.39, 0.29) is 16.5 Å². The van der Waals surface area contributed by atoms with Crippen LogP contribution in [-0.2, 0) is 25.8 Å². The molecule has 142 valence electrons. The SMILES string of the molecule is CCc1cc(S(C)(=O)=O)c(C)cc1[C@H]1C=C(Oc2ccc(F)cn2)C(=O)O1. The third kappa shape index (κ3) is 4.00. The molecule has 2 aromatic rings. The van der Waals surface area contributed by atoms with Crippen LogP contribution in [0.25, 0.3) is 0 Å². The highest BCUT2D eigenvalue weighted by atomic mass is 32.2. The average molecular weight is 391 g/mol. The van der Waals surface area contributed by atoms with Gasteiger partial charge in [0.2, 0.25) is 11.6 Å². The topological polar surface area (TPSA) is 82.6 Å². The Morgan fingerprint density at radius 3 is 2.63 bits per heavy atom. The Bertz CT molecular complexity index is 1030. The van der Waals surface area contributed by atoms with Crippen LogP contribution in [0.3, 0.4) is 0 Å². The van der Waals surface area contributed by atoms with Gasteiger partial charge in [0.25, 0.3) is 0 Å². The lowest BCUT2D eigenvalue weighted by Gasteiger charge is -2.16. The van der Waals surface area contributed by atoms with E-state index < -0.39 is 27.7 Å². The summed E-state index contributed by atoms with van der Waals surface area (Å²) in [6.07, 6.45) is 3.51. The van der Waals surface area contributed by atoms with E-state index in [1.165, 1.54) is 18.2 Å². The van der Waals surface area contributed by atoms with Gasteiger partial charge in [0.1, 0.15) is 11.9 Å². The van der Waals surface area contributed by atoms with Crippen LogP contribution in [0.15, 0.2) is 47.2 Å². The van der Waals surface area contributed by atoms with Crippen LogP contribution in [0.5, 0.6) is 5.88 Å². The Morgan fingerprint density at radius 2 is 2.04 bits per heavy atom. The lowest BCUT2D eigenvalue weighted by Crippen LogP contribution is -2.09. The summed E-state index contributed by atoms with van der Waals surface area (Å²) >= 11 is 0. The molecule has 1 aliphatic rings. The molecule has 1 aliphatic heterocycles. The largest absolute Gasteiger partial charge is 0.447 e. The first kappa shape index (κ1) is 19.0. The number of halogens is 1. The quantitative estimate of drug-likeness (QED) is 0.729. The van der Waals surface area contributed by atoms with Crippen LogP contribution >= 0.6 is 0 Å². The molecule has 8 heteroatoms. The van der Waals surface area contributed by atoms with Gasteiger partial charge in [0, 0.05) is 24.0 Å². The minimum atomic E-state index is -3.36. The number of aryl methyl sites for hydroxylation is 2. The Kier molecular flexibility index (Phi) is 5.01. The van der Waals surface area contributed by atoms with E-state index in [1.807, 2.05) is 6.92 Å². The summed E-state index contributed by atoms with van der Waals surface area (Å²) in [5.74, 6) is -1.17. The number of rotatable bonds is 5. The van der Waals surface area contributed by atoms with Gasteiger partial charge in [-0.1, -0.05) is 13.0 Å².